The number of ether oxygens (including phenoxy) is 1. The van der Waals surface area contributed by atoms with Crippen LogP contribution < -0.4 is 20.3 Å². The third-order valence-corrected chi connectivity index (χ3v) is 5.69. The number of hydrogen-bond acceptors (Lipinski definition) is 6. The van der Waals surface area contributed by atoms with Gasteiger partial charge in [0.15, 0.2) is 12.1 Å². The Balaban J connectivity index is 1.31. The van der Waals surface area contributed by atoms with E-state index in [4.69, 9.17) is 4.74 Å². The van der Waals surface area contributed by atoms with Gasteiger partial charge in [0.05, 0.1) is 23.1 Å². The highest BCUT2D eigenvalue weighted by Gasteiger charge is 2.35. The molecule has 0 saturated carbocycles. The summed E-state index contributed by atoms with van der Waals surface area (Å²) in [5.41, 5.74) is -0.887. The SMILES string of the molecule is CN1c2ccc(Oc3ccnc(-c4ncc(C(F)(F)F)[nH]4)c3)cc2NC1Nc1ccc(F)c(C(F)(F)F)c1. The maximum Gasteiger partial charge on any atom is 0.432 e. The van der Waals surface area contributed by atoms with E-state index < -0.39 is 35.7 Å². The topological polar surface area (TPSA) is 78.1 Å². The lowest BCUT2D eigenvalue weighted by Crippen LogP contribution is -2.39. The highest BCUT2D eigenvalue weighted by Crippen LogP contribution is 2.39. The number of alkyl halides is 6. The number of aromatic amines is 1. The van der Waals surface area contributed by atoms with Gasteiger partial charge in [-0.05, 0) is 36.4 Å². The molecule has 0 amide bonds. The molecule has 14 heteroatoms. The van der Waals surface area contributed by atoms with Crippen LogP contribution in [0.1, 0.15) is 11.3 Å². The van der Waals surface area contributed by atoms with E-state index >= 15 is 0 Å². The van der Waals surface area contributed by atoms with Gasteiger partial charge in [-0.1, -0.05) is 0 Å². The molecule has 2 aromatic heterocycles. The zero-order chi connectivity index (χ0) is 27.2. The molecule has 3 heterocycles. The van der Waals surface area contributed by atoms with Crippen LogP contribution in [-0.4, -0.2) is 28.3 Å². The molecule has 1 unspecified atom stereocenters. The molecule has 1 aliphatic heterocycles. The quantitative estimate of drug-likeness (QED) is 0.246. The Morgan fingerprint density at radius 2 is 1.68 bits per heavy atom. The van der Waals surface area contributed by atoms with Gasteiger partial charge in [-0.25, -0.2) is 9.37 Å². The molecule has 0 fully saturated rings. The normalized spacial score (nSPS) is 15.3. The minimum atomic E-state index is -4.84. The molecule has 0 saturated heterocycles. The summed E-state index contributed by atoms with van der Waals surface area (Å²) in [4.78, 5) is 11.7. The second-order valence-corrected chi connectivity index (χ2v) is 8.30. The van der Waals surface area contributed by atoms with E-state index in [1.54, 1.807) is 30.1 Å². The number of benzene rings is 2. The Morgan fingerprint density at radius 1 is 0.921 bits per heavy atom. The maximum atomic E-state index is 13.6. The molecule has 1 aliphatic rings. The molecule has 2 aromatic carbocycles. The van der Waals surface area contributed by atoms with Crippen molar-refractivity contribution >= 4 is 17.1 Å². The lowest BCUT2D eigenvalue weighted by Gasteiger charge is -2.24. The highest BCUT2D eigenvalue weighted by atomic mass is 19.4. The van der Waals surface area contributed by atoms with Crippen LogP contribution in [0.2, 0.25) is 0 Å². The first kappa shape index (κ1) is 25.2. The fourth-order valence-electron chi connectivity index (χ4n) is 3.84. The van der Waals surface area contributed by atoms with Crippen LogP contribution >= 0.6 is 0 Å². The second-order valence-electron chi connectivity index (χ2n) is 8.30. The van der Waals surface area contributed by atoms with Gasteiger partial charge in [-0.2, -0.15) is 26.3 Å². The van der Waals surface area contributed by atoms with Crippen molar-refractivity contribution in [2.24, 2.45) is 0 Å². The van der Waals surface area contributed by atoms with Crippen molar-refractivity contribution in [2.45, 2.75) is 18.6 Å². The van der Waals surface area contributed by atoms with E-state index in [1.165, 1.54) is 24.4 Å². The monoisotopic (exact) mass is 538 g/mol. The first-order chi connectivity index (χ1) is 17.9. The molecular formula is C24H17F7N6O. The van der Waals surface area contributed by atoms with Crippen LogP contribution in [0.5, 0.6) is 11.5 Å². The number of hydrogen-bond donors (Lipinski definition) is 3. The van der Waals surface area contributed by atoms with Crippen molar-refractivity contribution in [1.29, 1.82) is 0 Å². The molecule has 198 valence electrons. The minimum Gasteiger partial charge on any atom is -0.457 e. The van der Waals surface area contributed by atoms with Gasteiger partial charge in [0.1, 0.15) is 28.7 Å². The van der Waals surface area contributed by atoms with Gasteiger partial charge in [0.25, 0.3) is 0 Å². The fourth-order valence-corrected chi connectivity index (χ4v) is 3.84. The molecule has 0 spiro atoms. The number of aromatic nitrogens is 3. The Bertz CT molecular complexity index is 1480. The molecule has 38 heavy (non-hydrogen) atoms. The maximum absolute atomic E-state index is 13.6. The molecule has 3 N–H and O–H groups in total. The van der Waals surface area contributed by atoms with Gasteiger partial charge in [0, 0.05) is 31.1 Å². The number of nitrogens with one attached hydrogen (secondary N) is 3. The largest absolute Gasteiger partial charge is 0.457 e. The van der Waals surface area contributed by atoms with E-state index in [-0.39, 0.29) is 23.0 Å². The summed E-state index contributed by atoms with van der Waals surface area (Å²) >= 11 is 0. The summed E-state index contributed by atoms with van der Waals surface area (Å²) in [6.07, 6.45) is -8.03. The molecule has 4 aromatic rings. The number of pyridine rings is 1. The van der Waals surface area contributed by atoms with Crippen molar-refractivity contribution in [3.05, 3.63) is 78.0 Å². The van der Waals surface area contributed by atoms with E-state index in [9.17, 15) is 30.7 Å². The highest BCUT2D eigenvalue weighted by molar-refractivity contribution is 5.78. The van der Waals surface area contributed by atoms with Crippen LogP contribution in [0.25, 0.3) is 11.5 Å². The number of rotatable bonds is 5. The zero-order valence-electron chi connectivity index (χ0n) is 19.2. The third-order valence-electron chi connectivity index (χ3n) is 5.69. The summed E-state index contributed by atoms with van der Waals surface area (Å²) < 4.78 is 97.2. The van der Waals surface area contributed by atoms with Gasteiger partial charge < -0.3 is 25.3 Å². The molecule has 0 radical (unpaired) electrons. The number of H-pyrrole nitrogens is 1. The average molecular weight is 538 g/mol. The van der Waals surface area contributed by atoms with Crippen molar-refractivity contribution in [3.8, 4) is 23.0 Å². The van der Waals surface area contributed by atoms with Gasteiger partial charge in [-0.3, -0.25) is 4.98 Å². The molecule has 5 rings (SSSR count). The smallest absolute Gasteiger partial charge is 0.432 e. The van der Waals surface area contributed by atoms with Crippen molar-refractivity contribution in [2.75, 3.05) is 22.6 Å². The van der Waals surface area contributed by atoms with Gasteiger partial charge >= 0.3 is 12.4 Å². The minimum absolute atomic E-state index is 0.0586. The Morgan fingerprint density at radius 3 is 2.39 bits per heavy atom. The van der Waals surface area contributed by atoms with Crippen LogP contribution in [0.4, 0.5) is 47.8 Å². The summed E-state index contributed by atoms with van der Waals surface area (Å²) in [5, 5.41) is 6.00. The zero-order valence-corrected chi connectivity index (χ0v) is 19.2. The standard InChI is InChI=1S/C24H17F7N6O/c1-37-19-5-3-13(38-14-6-7-32-18(10-14)21-33-11-20(36-21)24(29,30)31)9-17(19)35-22(37)34-12-2-4-16(25)15(8-12)23(26,27)28/h2-11,22,34-35H,1H3,(H,33,36). The molecule has 1 atom stereocenters. The second kappa shape index (κ2) is 9.11. The van der Waals surface area contributed by atoms with Crippen molar-refractivity contribution in [3.63, 3.8) is 0 Å². The number of fused-ring (bicyclic) bond motifs is 1. The Hall–Kier alpha value is -4.49. The molecule has 0 bridgehead atoms. The molecular weight excluding hydrogens is 521 g/mol. The van der Waals surface area contributed by atoms with E-state index in [0.717, 1.165) is 6.07 Å². The van der Waals surface area contributed by atoms with E-state index in [1.807, 2.05) is 0 Å². The first-order valence-electron chi connectivity index (χ1n) is 10.9. The van der Waals surface area contributed by atoms with Gasteiger partial charge in [0.2, 0.25) is 0 Å². The number of imidazole rings is 1. The number of halogens is 7. The summed E-state index contributed by atoms with van der Waals surface area (Å²) in [5.74, 6) is -0.790. The number of nitrogens with zero attached hydrogens (tertiary/aromatic N) is 3. The van der Waals surface area contributed by atoms with Crippen molar-refractivity contribution in [1.82, 2.24) is 15.0 Å². The predicted octanol–water partition coefficient (Wildman–Crippen LogP) is 6.70. The Kier molecular flexibility index (Phi) is 6.04. The summed E-state index contributed by atoms with van der Waals surface area (Å²) in [7, 11) is 1.71. The third kappa shape index (κ3) is 5.01. The fraction of sp³-hybridized carbons (Fsp3) is 0.167. The molecule has 7 nitrogen and oxygen atoms in total. The van der Waals surface area contributed by atoms with Crippen LogP contribution in [0, 0.1) is 5.82 Å². The number of anilines is 3. The summed E-state index contributed by atoms with van der Waals surface area (Å²) in [6.45, 7) is 0. The molecule has 0 aliphatic carbocycles. The van der Waals surface area contributed by atoms with Crippen LogP contribution in [0.15, 0.2) is 60.9 Å². The lowest BCUT2D eigenvalue weighted by atomic mass is 10.2. The van der Waals surface area contributed by atoms with E-state index in [2.05, 4.69) is 25.6 Å². The summed E-state index contributed by atoms with van der Waals surface area (Å²) in [6, 6.07) is 10.6. The average Bonchev–Trinajstić information content (AvgIpc) is 3.46. The van der Waals surface area contributed by atoms with Gasteiger partial charge in [-0.15, -0.1) is 0 Å². The predicted molar refractivity (Wildman–Crippen MR) is 124 cm³/mol. The first-order valence-corrected chi connectivity index (χ1v) is 10.9. The van der Waals surface area contributed by atoms with Crippen molar-refractivity contribution < 1.29 is 35.5 Å². The Labute approximate surface area is 210 Å². The van der Waals surface area contributed by atoms with E-state index in [0.29, 0.717) is 29.4 Å². The lowest BCUT2D eigenvalue weighted by molar-refractivity contribution is -0.141. The van der Waals surface area contributed by atoms with Crippen LogP contribution in [-0.2, 0) is 12.4 Å². The van der Waals surface area contributed by atoms with Crippen LogP contribution in [0.3, 0.4) is 0 Å².